The quantitative estimate of drug-likeness (QED) is 0.761. The second-order valence-corrected chi connectivity index (χ2v) is 5.72. The van der Waals surface area contributed by atoms with E-state index in [9.17, 15) is 18.0 Å². The second kappa shape index (κ2) is 6.59. The number of carbonyl (C=O) groups is 1. The molecular weight excluding hydrogens is 261 g/mol. The minimum Gasteiger partial charge on any atom is -0.462 e. The highest BCUT2D eigenvalue weighted by Gasteiger charge is 2.41. The van der Waals surface area contributed by atoms with Crippen LogP contribution in [0.25, 0.3) is 0 Å². The van der Waals surface area contributed by atoms with Crippen LogP contribution in [0, 0.1) is 11.3 Å². The number of halogens is 3. The molecule has 0 spiro atoms. The van der Waals surface area contributed by atoms with E-state index in [-0.39, 0.29) is 5.92 Å². The van der Waals surface area contributed by atoms with Crippen LogP contribution in [0.15, 0.2) is 0 Å². The number of aliphatic hydroxyl groups is 1. The Bertz CT molecular complexity index is 298. The third-order valence-electron chi connectivity index (χ3n) is 3.27. The Morgan fingerprint density at radius 1 is 1.26 bits per heavy atom. The second-order valence-electron chi connectivity index (χ2n) is 5.72. The average molecular weight is 284 g/mol. The van der Waals surface area contributed by atoms with Gasteiger partial charge in [0.15, 0.2) is 6.10 Å². The van der Waals surface area contributed by atoms with Gasteiger partial charge in [-0.15, -0.1) is 0 Å². The lowest BCUT2D eigenvalue weighted by atomic mass is 9.90. The van der Waals surface area contributed by atoms with Crippen molar-refractivity contribution in [1.29, 1.82) is 0 Å². The summed E-state index contributed by atoms with van der Waals surface area (Å²) in [6, 6.07) is 0. The van der Waals surface area contributed by atoms with Crippen molar-refractivity contribution in [2.24, 2.45) is 11.3 Å². The lowest BCUT2D eigenvalue weighted by molar-refractivity contribution is -0.215. The largest absolute Gasteiger partial charge is 0.462 e. The van der Waals surface area contributed by atoms with Gasteiger partial charge in [0.2, 0.25) is 0 Å². The van der Waals surface area contributed by atoms with Crippen LogP contribution < -0.4 is 0 Å². The maximum Gasteiger partial charge on any atom is 0.414 e. The third kappa shape index (κ3) is 5.80. The van der Waals surface area contributed by atoms with Crippen LogP contribution in [0.1, 0.15) is 47.5 Å². The number of hydrogen-bond acceptors (Lipinski definition) is 3. The van der Waals surface area contributed by atoms with Crippen molar-refractivity contribution in [2.45, 2.75) is 65.8 Å². The van der Waals surface area contributed by atoms with Crippen molar-refractivity contribution in [2.75, 3.05) is 0 Å². The van der Waals surface area contributed by atoms with E-state index < -0.39 is 36.2 Å². The molecular formula is C13H23F3O3. The van der Waals surface area contributed by atoms with Gasteiger partial charge in [-0.1, -0.05) is 20.8 Å². The van der Waals surface area contributed by atoms with Crippen LogP contribution in [-0.2, 0) is 9.53 Å². The summed E-state index contributed by atoms with van der Waals surface area (Å²) in [7, 11) is 0. The van der Waals surface area contributed by atoms with Gasteiger partial charge >= 0.3 is 12.1 Å². The van der Waals surface area contributed by atoms with E-state index in [1.54, 1.807) is 34.6 Å². The molecule has 0 radical (unpaired) electrons. The molecule has 0 amide bonds. The molecule has 0 aliphatic heterocycles. The fourth-order valence-electron chi connectivity index (χ4n) is 1.25. The molecule has 3 nitrogen and oxygen atoms in total. The van der Waals surface area contributed by atoms with Gasteiger partial charge in [-0.25, -0.2) is 0 Å². The molecule has 0 bridgehead atoms. The topological polar surface area (TPSA) is 46.5 Å². The molecule has 0 aromatic heterocycles. The molecule has 1 N–H and O–H groups in total. The summed E-state index contributed by atoms with van der Waals surface area (Å²) in [6.45, 7) is 8.45. The van der Waals surface area contributed by atoms with Crippen LogP contribution in [0.2, 0.25) is 0 Å². The summed E-state index contributed by atoms with van der Waals surface area (Å²) in [5.41, 5.74) is -0.740. The molecule has 0 aliphatic rings. The fourth-order valence-corrected chi connectivity index (χ4v) is 1.25. The summed E-state index contributed by atoms with van der Waals surface area (Å²) in [6.07, 6.45) is -8.22. The molecule has 0 rings (SSSR count). The number of aliphatic hydroxyl groups excluding tert-OH is 1. The van der Waals surface area contributed by atoms with E-state index in [0.717, 1.165) is 0 Å². The molecule has 0 aromatic carbocycles. The van der Waals surface area contributed by atoms with Gasteiger partial charge in [0.05, 0.1) is 5.41 Å². The number of rotatable bonds is 6. The number of esters is 1. The van der Waals surface area contributed by atoms with Gasteiger partial charge in [-0.2, -0.15) is 13.2 Å². The first kappa shape index (κ1) is 18.2. The number of alkyl halides is 3. The smallest absolute Gasteiger partial charge is 0.414 e. The zero-order valence-corrected chi connectivity index (χ0v) is 12.0. The maximum atomic E-state index is 12.3. The predicted molar refractivity (Wildman–Crippen MR) is 65.5 cm³/mol. The lowest BCUT2D eigenvalue weighted by Crippen LogP contribution is -2.38. The van der Waals surface area contributed by atoms with E-state index in [1.165, 1.54) is 0 Å². The molecule has 0 saturated carbocycles. The van der Waals surface area contributed by atoms with Crippen LogP contribution in [0.3, 0.4) is 0 Å². The van der Waals surface area contributed by atoms with Crippen molar-refractivity contribution in [3.63, 3.8) is 0 Å². The van der Waals surface area contributed by atoms with Gasteiger partial charge in [0.1, 0.15) is 6.10 Å². The van der Waals surface area contributed by atoms with Crippen molar-refractivity contribution in [3.05, 3.63) is 0 Å². The Labute approximate surface area is 112 Å². The van der Waals surface area contributed by atoms with Crippen LogP contribution in [0.5, 0.6) is 0 Å². The zero-order valence-electron chi connectivity index (χ0n) is 12.0. The Hall–Kier alpha value is -0.780. The van der Waals surface area contributed by atoms with Gasteiger partial charge in [-0.05, 0) is 26.2 Å². The van der Waals surface area contributed by atoms with Crippen LogP contribution in [0.4, 0.5) is 13.2 Å². The molecule has 0 aromatic rings. The molecule has 19 heavy (non-hydrogen) atoms. The van der Waals surface area contributed by atoms with Crippen molar-refractivity contribution >= 4 is 5.97 Å². The third-order valence-corrected chi connectivity index (χ3v) is 3.27. The normalized spacial score (nSPS) is 16.3. The Morgan fingerprint density at radius 3 is 2.05 bits per heavy atom. The summed E-state index contributed by atoms with van der Waals surface area (Å²) in [4.78, 5) is 11.9. The van der Waals surface area contributed by atoms with E-state index >= 15 is 0 Å². The van der Waals surface area contributed by atoms with Crippen LogP contribution >= 0.6 is 0 Å². The van der Waals surface area contributed by atoms with E-state index in [0.29, 0.717) is 6.42 Å². The Kier molecular flexibility index (Phi) is 6.32. The Balaban J connectivity index is 4.74. The highest BCUT2D eigenvalue weighted by molar-refractivity contribution is 5.76. The maximum absolute atomic E-state index is 12.3. The number of ether oxygens (including phenoxy) is 1. The lowest BCUT2D eigenvalue weighted by Gasteiger charge is -2.29. The number of carbonyl (C=O) groups excluding carboxylic acids is 1. The predicted octanol–water partition coefficient (Wildman–Crippen LogP) is 3.30. The molecule has 0 fully saturated rings. The highest BCUT2D eigenvalue weighted by atomic mass is 19.4. The van der Waals surface area contributed by atoms with Crippen molar-refractivity contribution < 1.29 is 27.8 Å². The zero-order chi connectivity index (χ0) is 15.4. The minimum absolute atomic E-state index is 0.298. The molecule has 6 heteroatoms. The standard InChI is InChI=1S/C13H23F3O3/c1-6-12(4,5)11(18)19-9(8(2)3)7-10(17)13(14,15)16/h8-10,17H,6-7H2,1-5H3. The van der Waals surface area contributed by atoms with E-state index in [4.69, 9.17) is 9.84 Å². The Morgan fingerprint density at radius 2 is 1.74 bits per heavy atom. The molecule has 2 unspecified atom stereocenters. The first-order valence-corrected chi connectivity index (χ1v) is 6.37. The molecule has 2 atom stereocenters. The van der Waals surface area contributed by atoms with E-state index in [2.05, 4.69) is 0 Å². The average Bonchev–Trinajstić information content (AvgIpc) is 2.26. The number of hydrogen-bond donors (Lipinski definition) is 1. The molecule has 0 aliphatic carbocycles. The van der Waals surface area contributed by atoms with Crippen molar-refractivity contribution in [1.82, 2.24) is 0 Å². The summed E-state index contributed by atoms with van der Waals surface area (Å²) >= 11 is 0. The molecule has 0 heterocycles. The SMILES string of the molecule is CCC(C)(C)C(=O)OC(CC(O)C(F)(F)F)C(C)C. The summed E-state index contributed by atoms with van der Waals surface area (Å²) in [5, 5.41) is 9.06. The molecule has 114 valence electrons. The fraction of sp³-hybridized carbons (Fsp3) is 0.923. The summed E-state index contributed by atoms with van der Waals surface area (Å²) < 4.78 is 42.1. The van der Waals surface area contributed by atoms with Gasteiger partial charge < -0.3 is 9.84 Å². The van der Waals surface area contributed by atoms with Gasteiger partial charge in [-0.3, -0.25) is 4.79 Å². The van der Waals surface area contributed by atoms with E-state index in [1.807, 2.05) is 0 Å². The highest BCUT2D eigenvalue weighted by Crippen LogP contribution is 2.28. The van der Waals surface area contributed by atoms with Crippen LogP contribution in [-0.4, -0.2) is 29.5 Å². The first-order chi connectivity index (χ1) is 8.41. The van der Waals surface area contributed by atoms with Gasteiger partial charge in [0.25, 0.3) is 0 Å². The summed E-state index contributed by atoms with van der Waals surface area (Å²) in [5.74, 6) is -0.836. The monoisotopic (exact) mass is 284 g/mol. The first-order valence-electron chi connectivity index (χ1n) is 6.37. The van der Waals surface area contributed by atoms with Crippen molar-refractivity contribution in [3.8, 4) is 0 Å². The van der Waals surface area contributed by atoms with Gasteiger partial charge in [0, 0.05) is 6.42 Å². The molecule has 0 saturated heterocycles. The minimum atomic E-state index is -4.69.